The Kier molecular flexibility index (Phi) is 7.39. The minimum Gasteiger partial charge on any atom is -0.348 e. The van der Waals surface area contributed by atoms with Gasteiger partial charge in [0.1, 0.15) is 0 Å². The zero-order valence-electron chi connectivity index (χ0n) is 11.7. The average molecular weight is 228 g/mol. The summed E-state index contributed by atoms with van der Waals surface area (Å²) in [7, 11) is 3.59. The summed E-state index contributed by atoms with van der Waals surface area (Å²) < 4.78 is 0. The van der Waals surface area contributed by atoms with E-state index in [1.807, 2.05) is 0 Å². The average Bonchev–Trinajstić information content (AvgIpc) is 2.11. The minimum atomic E-state index is 0.150. The van der Waals surface area contributed by atoms with Gasteiger partial charge in [-0.15, -0.1) is 0 Å². The van der Waals surface area contributed by atoms with E-state index in [-0.39, 0.29) is 5.91 Å². The summed E-state index contributed by atoms with van der Waals surface area (Å²) in [5.74, 6) is 1.49. The largest absolute Gasteiger partial charge is 0.348 e. The molecule has 0 spiro atoms. The third-order valence-electron chi connectivity index (χ3n) is 2.55. The second-order valence-corrected chi connectivity index (χ2v) is 5.63. The molecule has 0 aliphatic carbocycles. The van der Waals surface area contributed by atoms with E-state index < -0.39 is 0 Å². The third kappa shape index (κ3) is 7.69. The predicted octanol–water partition coefficient (Wildman–Crippen LogP) is 2.12. The van der Waals surface area contributed by atoms with Crippen molar-refractivity contribution in [1.29, 1.82) is 0 Å². The summed E-state index contributed by atoms with van der Waals surface area (Å²) in [6.45, 7) is 9.36. The van der Waals surface area contributed by atoms with Crippen LogP contribution >= 0.6 is 0 Å². The SMILES string of the molecule is CC(C)CC(CC(C)C)NCC(=O)N(C)C. The van der Waals surface area contributed by atoms with E-state index >= 15 is 0 Å². The zero-order valence-corrected chi connectivity index (χ0v) is 11.7. The van der Waals surface area contributed by atoms with Crippen LogP contribution in [0.15, 0.2) is 0 Å². The van der Waals surface area contributed by atoms with E-state index in [1.165, 1.54) is 0 Å². The number of carbonyl (C=O) groups is 1. The Morgan fingerprint density at radius 2 is 1.50 bits per heavy atom. The molecule has 0 aromatic heterocycles. The number of nitrogens with zero attached hydrogens (tertiary/aromatic N) is 1. The number of hydrogen-bond donors (Lipinski definition) is 1. The second-order valence-electron chi connectivity index (χ2n) is 5.63. The van der Waals surface area contributed by atoms with Crippen molar-refractivity contribution in [3.8, 4) is 0 Å². The molecule has 0 atom stereocenters. The Hall–Kier alpha value is -0.570. The lowest BCUT2D eigenvalue weighted by atomic mass is 9.95. The zero-order chi connectivity index (χ0) is 12.7. The van der Waals surface area contributed by atoms with Crippen molar-refractivity contribution in [2.24, 2.45) is 11.8 Å². The molecule has 0 aromatic rings. The third-order valence-corrected chi connectivity index (χ3v) is 2.55. The molecule has 0 unspecified atom stereocenters. The van der Waals surface area contributed by atoms with Gasteiger partial charge in [0.2, 0.25) is 5.91 Å². The predicted molar refractivity (Wildman–Crippen MR) is 69.4 cm³/mol. The van der Waals surface area contributed by atoms with Gasteiger partial charge in [0, 0.05) is 20.1 Å². The fourth-order valence-corrected chi connectivity index (χ4v) is 1.79. The molecule has 3 heteroatoms. The molecule has 16 heavy (non-hydrogen) atoms. The number of carbonyl (C=O) groups excluding carboxylic acids is 1. The molecule has 96 valence electrons. The molecular formula is C13H28N2O. The van der Waals surface area contributed by atoms with Gasteiger partial charge in [0.05, 0.1) is 6.54 Å². The van der Waals surface area contributed by atoms with Crippen LogP contribution in [0.3, 0.4) is 0 Å². The molecule has 0 aliphatic rings. The van der Waals surface area contributed by atoms with Crippen LogP contribution in [-0.2, 0) is 4.79 Å². The minimum absolute atomic E-state index is 0.150. The molecule has 0 fully saturated rings. The van der Waals surface area contributed by atoms with Crippen LogP contribution in [-0.4, -0.2) is 37.5 Å². The van der Waals surface area contributed by atoms with Crippen molar-refractivity contribution in [1.82, 2.24) is 10.2 Å². The molecule has 1 amide bonds. The highest BCUT2D eigenvalue weighted by molar-refractivity contribution is 5.77. The Morgan fingerprint density at radius 3 is 1.81 bits per heavy atom. The molecule has 1 N–H and O–H groups in total. The van der Waals surface area contributed by atoms with Crippen LogP contribution < -0.4 is 5.32 Å². The van der Waals surface area contributed by atoms with Gasteiger partial charge < -0.3 is 10.2 Å². The van der Waals surface area contributed by atoms with Crippen molar-refractivity contribution in [2.45, 2.75) is 46.6 Å². The van der Waals surface area contributed by atoms with Gasteiger partial charge in [0.15, 0.2) is 0 Å². The lowest BCUT2D eigenvalue weighted by Crippen LogP contribution is -2.39. The summed E-state index contributed by atoms with van der Waals surface area (Å²) in [6.07, 6.45) is 2.28. The van der Waals surface area contributed by atoms with Crippen molar-refractivity contribution in [3.05, 3.63) is 0 Å². The molecule has 0 aromatic carbocycles. The monoisotopic (exact) mass is 228 g/mol. The van der Waals surface area contributed by atoms with E-state index in [2.05, 4.69) is 33.0 Å². The number of hydrogen-bond acceptors (Lipinski definition) is 2. The van der Waals surface area contributed by atoms with Crippen LogP contribution in [0.1, 0.15) is 40.5 Å². The summed E-state index contributed by atoms with van der Waals surface area (Å²) in [5.41, 5.74) is 0. The molecule has 0 radical (unpaired) electrons. The highest BCUT2D eigenvalue weighted by Gasteiger charge is 2.14. The van der Waals surface area contributed by atoms with E-state index in [4.69, 9.17) is 0 Å². The number of amides is 1. The molecule has 0 aliphatic heterocycles. The van der Waals surface area contributed by atoms with Crippen LogP contribution in [0.25, 0.3) is 0 Å². The van der Waals surface area contributed by atoms with Gasteiger partial charge in [-0.05, 0) is 24.7 Å². The molecular weight excluding hydrogens is 200 g/mol. The van der Waals surface area contributed by atoms with E-state index in [1.54, 1.807) is 19.0 Å². The van der Waals surface area contributed by atoms with E-state index in [0.717, 1.165) is 12.8 Å². The van der Waals surface area contributed by atoms with Crippen molar-refractivity contribution in [2.75, 3.05) is 20.6 Å². The topological polar surface area (TPSA) is 32.3 Å². The Balaban J connectivity index is 4.05. The molecule has 0 heterocycles. The van der Waals surface area contributed by atoms with Gasteiger partial charge in [0.25, 0.3) is 0 Å². The number of likely N-dealkylation sites (N-methyl/N-ethyl adjacent to an activating group) is 1. The smallest absolute Gasteiger partial charge is 0.236 e. The second kappa shape index (κ2) is 7.66. The Morgan fingerprint density at radius 1 is 1.06 bits per heavy atom. The molecule has 0 saturated heterocycles. The summed E-state index contributed by atoms with van der Waals surface area (Å²) in [5, 5.41) is 3.37. The maximum atomic E-state index is 11.5. The van der Waals surface area contributed by atoms with E-state index in [9.17, 15) is 4.79 Å². The van der Waals surface area contributed by atoms with Gasteiger partial charge in [-0.1, -0.05) is 27.7 Å². The fourth-order valence-electron chi connectivity index (χ4n) is 1.79. The Bertz CT molecular complexity index is 190. The lowest BCUT2D eigenvalue weighted by Gasteiger charge is -2.23. The molecule has 3 nitrogen and oxygen atoms in total. The first kappa shape index (κ1) is 15.4. The summed E-state index contributed by atoms with van der Waals surface area (Å²) in [6, 6.07) is 0.462. The van der Waals surface area contributed by atoms with Crippen molar-refractivity contribution >= 4 is 5.91 Å². The van der Waals surface area contributed by atoms with Crippen LogP contribution in [0, 0.1) is 11.8 Å². The molecule has 0 saturated carbocycles. The highest BCUT2D eigenvalue weighted by atomic mass is 16.2. The molecule has 0 rings (SSSR count). The van der Waals surface area contributed by atoms with Crippen LogP contribution in [0.5, 0.6) is 0 Å². The van der Waals surface area contributed by atoms with Crippen LogP contribution in [0.2, 0.25) is 0 Å². The first-order valence-corrected chi connectivity index (χ1v) is 6.26. The summed E-state index contributed by atoms with van der Waals surface area (Å²) in [4.78, 5) is 13.1. The van der Waals surface area contributed by atoms with Crippen LogP contribution in [0.4, 0.5) is 0 Å². The maximum absolute atomic E-state index is 11.5. The van der Waals surface area contributed by atoms with E-state index in [0.29, 0.717) is 24.4 Å². The fraction of sp³-hybridized carbons (Fsp3) is 0.923. The first-order valence-electron chi connectivity index (χ1n) is 6.26. The highest BCUT2D eigenvalue weighted by Crippen LogP contribution is 2.12. The number of nitrogens with one attached hydrogen (secondary N) is 1. The summed E-state index contributed by atoms with van der Waals surface area (Å²) >= 11 is 0. The standard InChI is InChI=1S/C13H28N2O/c1-10(2)7-12(8-11(3)4)14-9-13(16)15(5)6/h10-12,14H,7-9H2,1-6H3. The first-order chi connectivity index (χ1) is 7.32. The van der Waals surface area contributed by atoms with Crippen molar-refractivity contribution < 1.29 is 4.79 Å². The maximum Gasteiger partial charge on any atom is 0.236 e. The van der Waals surface area contributed by atoms with Crippen molar-refractivity contribution in [3.63, 3.8) is 0 Å². The normalized spacial score (nSPS) is 11.6. The molecule has 0 bridgehead atoms. The van der Waals surface area contributed by atoms with Gasteiger partial charge in [-0.2, -0.15) is 0 Å². The Labute approximate surface area is 101 Å². The number of rotatable bonds is 7. The van der Waals surface area contributed by atoms with Gasteiger partial charge in [-0.25, -0.2) is 0 Å². The van der Waals surface area contributed by atoms with Gasteiger partial charge in [-0.3, -0.25) is 4.79 Å². The lowest BCUT2D eigenvalue weighted by molar-refractivity contribution is -0.127. The quantitative estimate of drug-likeness (QED) is 0.724. The van der Waals surface area contributed by atoms with Gasteiger partial charge >= 0.3 is 0 Å².